The molecular formula is C20H19Cl2N5O3. The van der Waals surface area contributed by atoms with Crippen molar-refractivity contribution in [1.29, 1.82) is 0 Å². The molecule has 2 aromatic carbocycles. The number of hydrogen-bond acceptors (Lipinski definition) is 7. The lowest BCUT2D eigenvalue weighted by Gasteiger charge is -2.14. The summed E-state index contributed by atoms with van der Waals surface area (Å²) >= 11 is 12.4. The molecule has 0 bridgehead atoms. The number of aromatic amines is 1. The smallest absolute Gasteiger partial charge is 0.363 e. The molecule has 0 radical (unpaired) electrons. The molecule has 0 fully saturated rings. The van der Waals surface area contributed by atoms with E-state index in [2.05, 4.69) is 25.7 Å². The first kappa shape index (κ1) is 21.6. The van der Waals surface area contributed by atoms with Gasteiger partial charge in [-0.25, -0.2) is 9.89 Å². The van der Waals surface area contributed by atoms with Crippen molar-refractivity contribution in [3.63, 3.8) is 0 Å². The molecule has 156 valence electrons. The van der Waals surface area contributed by atoms with Crippen LogP contribution in [0.1, 0.15) is 23.7 Å². The number of anilines is 1. The van der Waals surface area contributed by atoms with Crippen LogP contribution in [0.2, 0.25) is 10.0 Å². The van der Waals surface area contributed by atoms with Crippen molar-refractivity contribution in [2.45, 2.75) is 20.5 Å². The Balaban J connectivity index is 1.74. The average molecular weight is 448 g/mol. The normalized spacial score (nSPS) is 10.9. The maximum absolute atomic E-state index is 11.3. The zero-order valence-corrected chi connectivity index (χ0v) is 17.8. The molecule has 0 unspecified atom stereocenters. The lowest BCUT2D eigenvalue weighted by Crippen LogP contribution is -2.15. The van der Waals surface area contributed by atoms with Gasteiger partial charge < -0.3 is 9.47 Å². The van der Waals surface area contributed by atoms with Crippen LogP contribution >= 0.6 is 23.2 Å². The Hall–Kier alpha value is -3.10. The molecular weight excluding hydrogens is 429 g/mol. The summed E-state index contributed by atoms with van der Waals surface area (Å²) in [5.74, 6) is 1.38. The number of nitrogens with zero attached hydrogens (tertiary/aromatic N) is 3. The predicted octanol–water partition coefficient (Wildman–Crippen LogP) is 4.20. The Bertz CT molecular complexity index is 1100. The number of halogens is 2. The Labute approximate surface area is 182 Å². The monoisotopic (exact) mass is 447 g/mol. The molecule has 3 aromatic rings. The summed E-state index contributed by atoms with van der Waals surface area (Å²) in [7, 11) is 0. The first-order valence-electron chi connectivity index (χ1n) is 9.03. The zero-order valence-electron chi connectivity index (χ0n) is 16.3. The fraction of sp³-hybridized carbons (Fsp3) is 0.200. The van der Waals surface area contributed by atoms with E-state index in [1.165, 1.54) is 0 Å². The van der Waals surface area contributed by atoms with E-state index in [0.29, 0.717) is 39.4 Å². The van der Waals surface area contributed by atoms with Gasteiger partial charge in [-0.05, 0) is 49.7 Å². The minimum atomic E-state index is -0.558. The molecule has 0 aliphatic rings. The predicted molar refractivity (Wildman–Crippen MR) is 117 cm³/mol. The lowest BCUT2D eigenvalue weighted by atomic mass is 10.2. The number of H-pyrrole nitrogens is 1. The highest BCUT2D eigenvalue weighted by Crippen LogP contribution is 2.31. The second kappa shape index (κ2) is 10.1. The largest absolute Gasteiger partial charge is 0.490 e. The number of rotatable bonds is 8. The number of nitrogens with one attached hydrogen (secondary N) is 2. The molecule has 0 saturated heterocycles. The molecule has 10 heteroatoms. The quantitative estimate of drug-likeness (QED) is 0.396. The molecule has 0 amide bonds. The number of benzene rings is 2. The van der Waals surface area contributed by atoms with Crippen LogP contribution < -0.4 is 20.6 Å². The average Bonchev–Trinajstić information content (AvgIpc) is 2.72. The maximum atomic E-state index is 11.3. The van der Waals surface area contributed by atoms with Gasteiger partial charge in [0.2, 0.25) is 0 Å². The number of hydrazone groups is 1. The van der Waals surface area contributed by atoms with Crippen molar-refractivity contribution in [2.24, 2.45) is 5.10 Å². The van der Waals surface area contributed by atoms with E-state index in [1.54, 1.807) is 43.5 Å². The Morgan fingerprint density at radius 3 is 2.67 bits per heavy atom. The topological polar surface area (TPSA) is 101 Å². The summed E-state index contributed by atoms with van der Waals surface area (Å²) in [4.78, 5) is 15.0. The van der Waals surface area contributed by atoms with Crippen molar-refractivity contribution in [2.75, 3.05) is 12.0 Å². The third kappa shape index (κ3) is 5.49. The van der Waals surface area contributed by atoms with Crippen LogP contribution in [0.15, 0.2) is 46.3 Å². The fourth-order valence-corrected chi connectivity index (χ4v) is 2.99. The fourth-order valence-electron chi connectivity index (χ4n) is 2.48. The maximum Gasteiger partial charge on any atom is 0.363 e. The van der Waals surface area contributed by atoms with E-state index in [1.807, 2.05) is 13.0 Å². The summed E-state index contributed by atoms with van der Waals surface area (Å²) in [6, 6.07) is 10.7. The van der Waals surface area contributed by atoms with E-state index < -0.39 is 5.69 Å². The summed E-state index contributed by atoms with van der Waals surface area (Å²) in [5, 5.41) is 11.2. The molecule has 2 N–H and O–H groups in total. The third-order valence-corrected chi connectivity index (χ3v) is 4.67. The SMILES string of the molecule is CCOc1cc(/C=N/Nc2nc(=O)[nH]nc2C)ccc1OCc1c(Cl)cccc1Cl. The lowest BCUT2D eigenvalue weighted by molar-refractivity contribution is 0.269. The highest BCUT2D eigenvalue weighted by atomic mass is 35.5. The number of aromatic nitrogens is 3. The van der Waals surface area contributed by atoms with Gasteiger partial charge in [0.05, 0.1) is 12.8 Å². The van der Waals surface area contributed by atoms with Crippen LogP contribution in [0.5, 0.6) is 11.5 Å². The van der Waals surface area contributed by atoms with E-state index in [-0.39, 0.29) is 12.4 Å². The van der Waals surface area contributed by atoms with Crippen molar-refractivity contribution >= 4 is 35.2 Å². The number of hydrogen-bond donors (Lipinski definition) is 2. The molecule has 0 aliphatic carbocycles. The summed E-state index contributed by atoms with van der Waals surface area (Å²) < 4.78 is 11.6. The number of ether oxygens (including phenoxy) is 2. The Morgan fingerprint density at radius 2 is 1.93 bits per heavy atom. The molecule has 1 heterocycles. The Kier molecular flexibility index (Phi) is 7.26. The van der Waals surface area contributed by atoms with Gasteiger partial charge >= 0.3 is 5.69 Å². The van der Waals surface area contributed by atoms with Crippen LogP contribution in [0, 0.1) is 6.92 Å². The summed E-state index contributed by atoms with van der Waals surface area (Å²) in [5.41, 5.74) is 4.12. The zero-order chi connectivity index (χ0) is 21.5. The van der Waals surface area contributed by atoms with Crippen molar-refractivity contribution in [1.82, 2.24) is 15.2 Å². The molecule has 30 heavy (non-hydrogen) atoms. The second-order valence-electron chi connectivity index (χ2n) is 6.07. The van der Waals surface area contributed by atoms with Gasteiger partial charge in [0.1, 0.15) is 12.3 Å². The molecule has 0 saturated carbocycles. The van der Waals surface area contributed by atoms with E-state index in [0.717, 1.165) is 5.56 Å². The van der Waals surface area contributed by atoms with Gasteiger partial charge in [0.25, 0.3) is 0 Å². The van der Waals surface area contributed by atoms with Crippen LogP contribution in [-0.4, -0.2) is 28.0 Å². The Morgan fingerprint density at radius 1 is 1.17 bits per heavy atom. The third-order valence-electron chi connectivity index (χ3n) is 3.96. The van der Waals surface area contributed by atoms with Gasteiger partial charge in [-0.3, -0.25) is 5.43 Å². The van der Waals surface area contributed by atoms with Gasteiger partial charge in [-0.2, -0.15) is 15.2 Å². The van der Waals surface area contributed by atoms with E-state index >= 15 is 0 Å². The van der Waals surface area contributed by atoms with Gasteiger partial charge in [-0.1, -0.05) is 29.3 Å². The van der Waals surface area contributed by atoms with Crippen LogP contribution in [-0.2, 0) is 6.61 Å². The van der Waals surface area contributed by atoms with Crippen LogP contribution in [0.4, 0.5) is 5.82 Å². The van der Waals surface area contributed by atoms with Crippen molar-refractivity contribution in [3.05, 3.63) is 73.7 Å². The van der Waals surface area contributed by atoms with E-state index in [9.17, 15) is 4.79 Å². The van der Waals surface area contributed by atoms with Gasteiger partial charge in [0.15, 0.2) is 17.3 Å². The highest BCUT2D eigenvalue weighted by Gasteiger charge is 2.10. The van der Waals surface area contributed by atoms with Gasteiger partial charge in [0, 0.05) is 15.6 Å². The molecule has 0 atom stereocenters. The van der Waals surface area contributed by atoms with Crippen LogP contribution in [0.25, 0.3) is 0 Å². The minimum Gasteiger partial charge on any atom is -0.490 e. The van der Waals surface area contributed by atoms with E-state index in [4.69, 9.17) is 32.7 Å². The molecule has 3 rings (SSSR count). The number of aryl methyl sites for hydroxylation is 1. The van der Waals surface area contributed by atoms with Crippen LogP contribution in [0.3, 0.4) is 0 Å². The molecule has 8 nitrogen and oxygen atoms in total. The molecule has 0 spiro atoms. The first-order chi connectivity index (χ1) is 14.5. The van der Waals surface area contributed by atoms with Crippen molar-refractivity contribution in [3.8, 4) is 11.5 Å². The first-order valence-corrected chi connectivity index (χ1v) is 9.78. The molecule has 0 aliphatic heterocycles. The highest BCUT2D eigenvalue weighted by molar-refractivity contribution is 6.35. The van der Waals surface area contributed by atoms with Gasteiger partial charge in [-0.15, -0.1) is 0 Å². The standard InChI is InChI=1S/C20H19Cl2N5O3/c1-3-29-18-9-13(10-23-26-19-12(2)25-27-20(28)24-19)7-8-17(18)30-11-14-15(21)5-4-6-16(14)22/h4-10H,3,11H2,1-2H3,(H2,24,26,27,28)/b23-10+. The summed E-state index contributed by atoms with van der Waals surface area (Å²) in [6.07, 6.45) is 1.57. The molecule has 1 aromatic heterocycles. The van der Waals surface area contributed by atoms with Crippen molar-refractivity contribution < 1.29 is 9.47 Å². The second-order valence-corrected chi connectivity index (χ2v) is 6.89. The minimum absolute atomic E-state index is 0.202. The summed E-state index contributed by atoms with van der Waals surface area (Å²) in [6.45, 7) is 4.24.